The van der Waals surface area contributed by atoms with Crippen LogP contribution in [0, 0.1) is 12.3 Å². The molecule has 2 aliphatic carbocycles. The molecule has 4 rings (SSSR count). The van der Waals surface area contributed by atoms with Crippen molar-refractivity contribution >= 4 is 23.0 Å². The van der Waals surface area contributed by atoms with Crippen LogP contribution in [0.4, 0.5) is 5.69 Å². The molecule has 0 saturated heterocycles. The fourth-order valence-electron chi connectivity index (χ4n) is 4.48. The molecule has 0 atom stereocenters. The van der Waals surface area contributed by atoms with Crippen LogP contribution in [-0.4, -0.2) is 27.5 Å². The van der Waals surface area contributed by atoms with E-state index >= 15 is 0 Å². The number of Topliss-reactive ketones (excluding diaryl/α,β-unsaturated/α-hetero) is 2. The molecular formula is C25H28N2O4. The Balaban J connectivity index is 1.71. The number of para-hydroxylation sites is 1. The third-order valence-corrected chi connectivity index (χ3v) is 6.03. The number of aryl methyl sites for hydroxylation is 3. The first-order chi connectivity index (χ1) is 14.7. The molecule has 0 unspecified atom stereocenters. The van der Waals surface area contributed by atoms with Gasteiger partial charge in [0.05, 0.1) is 28.2 Å². The minimum absolute atomic E-state index is 0.0625. The second-order valence-electron chi connectivity index (χ2n) is 9.31. The van der Waals surface area contributed by atoms with Gasteiger partial charge >= 0.3 is 0 Å². The second kappa shape index (κ2) is 8.25. The minimum Gasteiger partial charge on any atom is -0.511 e. The second-order valence-corrected chi connectivity index (χ2v) is 9.31. The van der Waals surface area contributed by atoms with E-state index < -0.39 is 0 Å². The number of hydrogen-bond acceptors (Lipinski definition) is 6. The summed E-state index contributed by atoms with van der Waals surface area (Å²) in [7, 11) is 0. The summed E-state index contributed by atoms with van der Waals surface area (Å²) < 4.78 is 5.40. The zero-order valence-electron chi connectivity index (χ0n) is 18.3. The summed E-state index contributed by atoms with van der Waals surface area (Å²) >= 11 is 0. The number of ketones is 2. The van der Waals surface area contributed by atoms with E-state index in [9.17, 15) is 14.7 Å². The fourth-order valence-corrected chi connectivity index (χ4v) is 4.48. The number of aromatic nitrogens is 1. The molecule has 6 nitrogen and oxygen atoms in total. The van der Waals surface area contributed by atoms with Gasteiger partial charge < -0.3 is 9.63 Å². The van der Waals surface area contributed by atoms with Gasteiger partial charge in [-0.05, 0) is 43.2 Å². The van der Waals surface area contributed by atoms with Gasteiger partial charge in [-0.15, -0.1) is 0 Å². The van der Waals surface area contributed by atoms with Gasteiger partial charge in [-0.1, -0.05) is 37.2 Å². The number of aliphatic hydroxyl groups is 1. The first kappa shape index (κ1) is 21.2. The molecule has 0 saturated carbocycles. The Bertz CT molecular complexity index is 1100. The van der Waals surface area contributed by atoms with Gasteiger partial charge in [0.2, 0.25) is 0 Å². The molecule has 2 aromatic rings. The molecule has 0 spiro atoms. The quantitative estimate of drug-likeness (QED) is 0.653. The molecular weight excluding hydrogens is 392 g/mol. The Morgan fingerprint density at radius 3 is 2.68 bits per heavy atom. The maximum Gasteiger partial charge on any atom is 0.168 e. The summed E-state index contributed by atoms with van der Waals surface area (Å²) in [4.78, 5) is 30.2. The summed E-state index contributed by atoms with van der Waals surface area (Å²) in [6.07, 6.45) is 3.60. The number of fused-ring (bicyclic) bond motifs is 1. The first-order valence-electron chi connectivity index (χ1n) is 10.8. The van der Waals surface area contributed by atoms with E-state index in [1.165, 1.54) is 0 Å². The lowest BCUT2D eigenvalue weighted by molar-refractivity contribution is -0.117. The average Bonchev–Trinajstić information content (AvgIpc) is 3.10. The van der Waals surface area contributed by atoms with Crippen molar-refractivity contribution in [1.82, 2.24) is 5.16 Å². The predicted octanol–water partition coefficient (Wildman–Crippen LogP) is 5.41. The molecule has 1 heterocycles. The van der Waals surface area contributed by atoms with Crippen molar-refractivity contribution in [2.75, 3.05) is 0 Å². The van der Waals surface area contributed by atoms with E-state index in [4.69, 9.17) is 9.52 Å². The Labute approximate surface area is 182 Å². The highest BCUT2D eigenvalue weighted by Crippen LogP contribution is 2.37. The van der Waals surface area contributed by atoms with E-state index in [0.29, 0.717) is 60.4 Å². The highest BCUT2D eigenvalue weighted by molar-refractivity contribution is 6.24. The predicted molar refractivity (Wildman–Crippen MR) is 118 cm³/mol. The molecule has 31 heavy (non-hydrogen) atoms. The van der Waals surface area contributed by atoms with Gasteiger partial charge in [-0.25, -0.2) is 0 Å². The average molecular weight is 421 g/mol. The zero-order valence-corrected chi connectivity index (χ0v) is 18.3. The third kappa shape index (κ3) is 4.38. The summed E-state index contributed by atoms with van der Waals surface area (Å²) in [5.41, 5.74) is 3.51. The van der Waals surface area contributed by atoms with Crippen molar-refractivity contribution in [3.8, 4) is 0 Å². The standard InChI is InChI=1S/C25H28N2O4/c1-15-7-4-5-8-16(15)26-17(23-20(29)13-25(2,3)14-21(23)30)11-12-18-24-19(28)9-6-10-22(24)31-27-18/h4-5,7-8,29H,6,9-14H2,1-3H3. The van der Waals surface area contributed by atoms with E-state index in [-0.39, 0.29) is 22.7 Å². The van der Waals surface area contributed by atoms with Crippen molar-refractivity contribution in [2.45, 2.75) is 65.7 Å². The fraction of sp³-hybridized carbons (Fsp3) is 0.440. The Kier molecular flexibility index (Phi) is 5.65. The topological polar surface area (TPSA) is 92.8 Å². The largest absolute Gasteiger partial charge is 0.511 e. The van der Waals surface area contributed by atoms with Gasteiger partial charge in [0.25, 0.3) is 0 Å². The maximum absolute atomic E-state index is 13.0. The number of carbonyl (C=O) groups is 2. The Morgan fingerprint density at radius 1 is 1.16 bits per heavy atom. The molecule has 0 amide bonds. The van der Waals surface area contributed by atoms with Crippen LogP contribution >= 0.6 is 0 Å². The van der Waals surface area contributed by atoms with Crippen LogP contribution in [0.3, 0.4) is 0 Å². The van der Waals surface area contributed by atoms with Crippen LogP contribution in [0.2, 0.25) is 0 Å². The molecule has 1 aromatic carbocycles. The summed E-state index contributed by atoms with van der Waals surface area (Å²) in [6, 6.07) is 7.69. The van der Waals surface area contributed by atoms with Crippen molar-refractivity contribution in [1.29, 1.82) is 0 Å². The number of rotatable bonds is 5. The molecule has 1 aromatic heterocycles. The lowest BCUT2D eigenvalue weighted by Crippen LogP contribution is -2.29. The number of allylic oxidation sites excluding steroid dienone is 2. The van der Waals surface area contributed by atoms with Gasteiger partial charge in [0.15, 0.2) is 11.6 Å². The lowest BCUT2D eigenvalue weighted by Gasteiger charge is -2.30. The van der Waals surface area contributed by atoms with Crippen LogP contribution in [0.15, 0.2) is 45.1 Å². The van der Waals surface area contributed by atoms with Crippen LogP contribution in [0.25, 0.3) is 0 Å². The van der Waals surface area contributed by atoms with Crippen LogP contribution < -0.4 is 0 Å². The first-order valence-corrected chi connectivity index (χ1v) is 10.8. The maximum atomic E-state index is 13.0. The van der Waals surface area contributed by atoms with Crippen molar-refractivity contribution in [2.24, 2.45) is 10.4 Å². The minimum atomic E-state index is -0.282. The molecule has 0 fully saturated rings. The number of aliphatic hydroxyl groups excluding tert-OH is 1. The Morgan fingerprint density at radius 2 is 1.94 bits per heavy atom. The molecule has 2 aliphatic rings. The van der Waals surface area contributed by atoms with E-state index in [0.717, 1.165) is 24.1 Å². The molecule has 1 N–H and O–H groups in total. The molecule has 0 aliphatic heterocycles. The van der Waals surface area contributed by atoms with Gasteiger partial charge in [0.1, 0.15) is 11.5 Å². The summed E-state index contributed by atoms with van der Waals surface area (Å²) in [5.74, 6) is 0.708. The van der Waals surface area contributed by atoms with Crippen LogP contribution in [0.1, 0.15) is 73.3 Å². The highest BCUT2D eigenvalue weighted by atomic mass is 16.5. The van der Waals surface area contributed by atoms with Gasteiger partial charge in [-0.2, -0.15) is 0 Å². The molecule has 0 radical (unpaired) electrons. The van der Waals surface area contributed by atoms with Crippen LogP contribution in [-0.2, 0) is 17.6 Å². The number of benzene rings is 1. The monoisotopic (exact) mass is 420 g/mol. The van der Waals surface area contributed by atoms with Crippen molar-refractivity contribution in [3.05, 3.63) is 58.2 Å². The number of hydrogen-bond donors (Lipinski definition) is 1. The van der Waals surface area contributed by atoms with Gasteiger partial charge in [0, 0.05) is 25.7 Å². The molecule has 6 heteroatoms. The lowest BCUT2D eigenvalue weighted by atomic mass is 9.75. The van der Waals surface area contributed by atoms with Crippen molar-refractivity contribution < 1.29 is 19.2 Å². The summed E-state index contributed by atoms with van der Waals surface area (Å²) in [6.45, 7) is 5.91. The number of aliphatic imine (C=N–C) groups is 1. The normalized spacial score (nSPS) is 19.0. The molecule has 162 valence electrons. The third-order valence-electron chi connectivity index (χ3n) is 6.03. The smallest absolute Gasteiger partial charge is 0.168 e. The Hall–Kier alpha value is -3.02. The summed E-state index contributed by atoms with van der Waals surface area (Å²) in [5, 5.41) is 14.9. The zero-order chi connectivity index (χ0) is 22.2. The van der Waals surface area contributed by atoms with Crippen LogP contribution in [0.5, 0.6) is 0 Å². The SMILES string of the molecule is Cc1ccccc1N=C(CCc1noc2c1C(=O)CCC2)C1=C(O)CC(C)(C)CC1=O. The number of carbonyl (C=O) groups excluding carboxylic acids is 2. The van der Waals surface area contributed by atoms with E-state index in [1.807, 2.05) is 45.0 Å². The van der Waals surface area contributed by atoms with E-state index in [2.05, 4.69) is 5.16 Å². The van der Waals surface area contributed by atoms with Crippen molar-refractivity contribution in [3.63, 3.8) is 0 Å². The highest BCUT2D eigenvalue weighted by Gasteiger charge is 2.35. The number of nitrogens with zero attached hydrogens (tertiary/aromatic N) is 2. The molecule has 0 bridgehead atoms. The van der Waals surface area contributed by atoms with E-state index in [1.54, 1.807) is 0 Å². The van der Waals surface area contributed by atoms with Gasteiger partial charge in [-0.3, -0.25) is 14.6 Å².